The zero-order valence-electron chi connectivity index (χ0n) is 14.4. The Hall–Kier alpha value is -2.53. The van der Waals surface area contributed by atoms with Gasteiger partial charge >= 0.3 is 0 Å². The van der Waals surface area contributed by atoms with Gasteiger partial charge in [-0.25, -0.2) is 0 Å². The van der Waals surface area contributed by atoms with Crippen molar-refractivity contribution in [2.24, 2.45) is 11.7 Å². The molecule has 2 aromatic rings. The van der Waals surface area contributed by atoms with E-state index in [2.05, 4.69) is 0 Å². The lowest BCUT2D eigenvalue weighted by atomic mass is 9.96. The molecule has 0 radical (unpaired) electrons. The highest BCUT2D eigenvalue weighted by molar-refractivity contribution is 6.30. The quantitative estimate of drug-likeness (QED) is 0.875. The third-order valence-corrected chi connectivity index (χ3v) is 4.86. The fourth-order valence-electron chi connectivity index (χ4n) is 3.05. The number of carbonyl (C=O) groups is 2. The Kier molecular flexibility index (Phi) is 5.78. The number of nitrogens with zero attached hydrogens (tertiary/aromatic N) is 1. The average molecular weight is 373 g/mol. The molecule has 3 rings (SSSR count). The molecule has 1 saturated heterocycles. The summed E-state index contributed by atoms with van der Waals surface area (Å²) in [5, 5.41) is 0.670. The molecule has 2 amide bonds. The maximum atomic E-state index is 12.9. The summed E-state index contributed by atoms with van der Waals surface area (Å²) in [6.07, 6.45) is 1.21. The lowest BCUT2D eigenvalue weighted by Gasteiger charge is -2.31. The zero-order chi connectivity index (χ0) is 18.5. The lowest BCUT2D eigenvalue weighted by molar-refractivity contribution is -0.123. The minimum Gasteiger partial charge on any atom is -0.488 e. The van der Waals surface area contributed by atoms with Crippen molar-refractivity contribution < 1.29 is 14.3 Å². The number of para-hydroxylation sites is 1. The maximum absolute atomic E-state index is 12.9. The molecule has 0 atom stereocenters. The summed E-state index contributed by atoms with van der Waals surface area (Å²) >= 11 is 5.89. The van der Waals surface area contributed by atoms with Crippen molar-refractivity contribution in [3.8, 4) is 5.75 Å². The molecule has 2 aromatic carbocycles. The number of likely N-dealkylation sites (tertiary alicyclic amines) is 1. The molecule has 0 spiro atoms. The monoisotopic (exact) mass is 372 g/mol. The van der Waals surface area contributed by atoms with Crippen LogP contribution in [0.25, 0.3) is 0 Å². The van der Waals surface area contributed by atoms with Gasteiger partial charge in [0.1, 0.15) is 12.4 Å². The van der Waals surface area contributed by atoms with Crippen LogP contribution in [0.3, 0.4) is 0 Å². The summed E-state index contributed by atoms with van der Waals surface area (Å²) in [7, 11) is 0. The number of benzene rings is 2. The van der Waals surface area contributed by atoms with Gasteiger partial charge in [0.05, 0.1) is 5.56 Å². The Morgan fingerprint density at radius 1 is 1.08 bits per heavy atom. The number of nitrogens with two attached hydrogens (primary N) is 1. The fraction of sp³-hybridized carbons (Fsp3) is 0.300. The first kappa shape index (κ1) is 18.3. The van der Waals surface area contributed by atoms with Crippen molar-refractivity contribution >= 4 is 23.4 Å². The minimum atomic E-state index is -0.288. The van der Waals surface area contributed by atoms with Crippen LogP contribution in [0.1, 0.15) is 28.8 Å². The van der Waals surface area contributed by atoms with E-state index >= 15 is 0 Å². The number of hydrogen-bond acceptors (Lipinski definition) is 3. The summed E-state index contributed by atoms with van der Waals surface area (Å²) in [6.45, 7) is 1.40. The van der Waals surface area contributed by atoms with Crippen molar-refractivity contribution in [1.82, 2.24) is 4.90 Å². The number of amides is 2. The normalized spacial score (nSPS) is 14.9. The molecule has 0 unspecified atom stereocenters. The Labute approximate surface area is 157 Å². The number of primary amides is 1. The molecule has 1 aliphatic heterocycles. The molecular weight excluding hydrogens is 352 g/mol. The van der Waals surface area contributed by atoms with Crippen molar-refractivity contribution in [2.75, 3.05) is 13.1 Å². The summed E-state index contributed by atoms with van der Waals surface area (Å²) < 4.78 is 5.87. The molecule has 136 valence electrons. The first-order chi connectivity index (χ1) is 12.5. The predicted octanol–water partition coefficient (Wildman–Crippen LogP) is 3.26. The number of halogens is 1. The van der Waals surface area contributed by atoms with Gasteiger partial charge in [-0.15, -0.1) is 0 Å². The third-order valence-electron chi connectivity index (χ3n) is 4.61. The zero-order valence-corrected chi connectivity index (χ0v) is 15.1. The molecular formula is C20H21ClN2O3. The van der Waals surface area contributed by atoms with Gasteiger partial charge in [0.15, 0.2) is 0 Å². The Balaban J connectivity index is 1.67. The van der Waals surface area contributed by atoms with E-state index in [0.717, 1.165) is 5.56 Å². The van der Waals surface area contributed by atoms with Crippen molar-refractivity contribution in [1.29, 1.82) is 0 Å². The second-order valence-corrected chi connectivity index (χ2v) is 6.82. The van der Waals surface area contributed by atoms with E-state index in [4.69, 9.17) is 22.1 Å². The topological polar surface area (TPSA) is 72.6 Å². The number of rotatable bonds is 5. The highest BCUT2D eigenvalue weighted by Gasteiger charge is 2.27. The van der Waals surface area contributed by atoms with E-state index in [0.29, 0.717) is 48.9 Å². The van der Waals surface area contributed by atoms with Crippen LogP contribution < -0.4 is 10.5 Å². The second-order valence-electron chi connectivity index (χ2n) is 6.38. The summed E-state index contributed by atoms with van der Waals surface area (Å²) in [5.41, 5.74) is 6.86. The molecule has 1 fully saturated rings. The number of piperidine rings is 1. The van der Waals surface area contributed by atoms with Gasteiger partial charge in [-0.2, -0.15) is 0 Å². The number of ether oxygens (including phenoxy) is 1. The van der Waals surface area contributed by atoms with Crippen LogP contribution >= 0.6 is 11.6 Å². The van der Waals surface area contributed by atoms with E-state index in [1.807, 2.05) is 24.3 Å². The third kappa shape index (κ3) is 4.35. The van der Waals surface area contributed by atoms with E-state index in [-0.39, 0.29) is 17.7 Å². The predicted molar refractivity (Wildman–Crippen MR) is 100 cm³/mol. The molecule has 0 saturated carbocycles. The van der Waals surface area contributed by atoms with Gasteiger partial charge in [-0.1, -0.05) is 35.9 Å². The number of carbonyl (C=O) groups excluding carboxylic acids is 2. The Morgan fingerprint density at radius 2 is 1.73 bits per heavy atom. The van der Waals surface area contributed by atoms with Crippen LogP contribution in [0, 0.1) is 5.92 Å². The van der Waals surface area contributed by atoms with Crippen molar-refractivity contribution in [3.05, 3.63) is 64.7 Å². The largest absolute Gasteiger partial charge is 0.488 e. The molecule has 1 heterocycles. The highest BCUT2D eigenvalue weighted by atomic mass is 35.5. The standard InChI is InChI=1S/C20H21ClN2O3/c21-16-7-5-14(6-8-16)13-26-18-4-2-1-3-17(18)20(25)23-11-9-15(10-12-23)19(22)24/h1-8,15H,9-13H2,(H2,22,24). The van der Waals surface area contributed by atoms with Crippen LogP contribution in [0.4, 0.5) is 0 Å². The smallest absolute Gasteiger partial charge is 0.257 e. The molecule has 0 aromatic heterocycles. The van der Waals surface area contributed by atoms with E-state index in [1.54, 1.807) is 29.2 Å². The van der Waals surface area contributed by atoms with E-state index in [9.17, 15) is 9.59 Å². The molecule has 2 N–H and O–H groups in total. The van der Waals surface area contributed by atoms with E-state index in [1.165, 1.54) is 0 Å². The minimum absolute atomic E-state index is 0.0837. The lowest BCUT2D eigenvalue weighted by Crippen LogP contribution is -2.41. The second kappa shape index (κ2) is 8.23. The van der Waals surface area contributed by atoms with Gasteiger partial charge in [0.25, 0.3) is 5.91 Å². The van der Waals surface area contributed by atoms with Gasteiger partial charge in [-0.05, 0) is 42.7 Å². The number of hydrogen-bond donors (Lipinski definition) is 1. The van der Waals surface area contributed by atoms with Gasteiger partial charge < -0.3 is 15.4 Å². The first-order valence-corrected chi connectivity index (χ1v) is 8.97. The summed E-state index contributed by atoms with van der Waals surface area (Å²) in [5.74, 6) is 0.0309. The van der Waals surface area contributed by atoms with Gasteiger partial charge in [0.2, 0.25) is 5.91 Å². The van der Waals surface area contributed by atoms with Crippen LogP contribution in [-0.4, -0.2) is 29.8 Å². The van der Waals surface area contributed by atoms with Crippen LogP contribution in [0.5, 0.6) is 5.75 Å². The molecule has 6 heteroatoms. The van der Waals surface area contributed by atoms with Gasteiger partial charge in [-0.3, -0.25) is 9.59 Å². The molecule has 0 aliphatic carbocycles. The fourth-order valence-corrected chi connectivity index (χ4v) is 3.17. The maximum Gasteiger partial charge on any atom is 0.257 e. The van der Waals surface area contributed by atoms with Crippen LogP contribution in [-0.2, 0) is 11.4 Å². The Morgan fingerprint density at radius 3 is 2.38 bits per heavy atom. The summed E-state index contributed by atoms with van der Waals surface area (Å²) in [4.78, 5) is 25.9. The van der Waals surface area contributed by atoms with Crippen LogP contribution in [0.2, 0.25) is 5.02 Å². The molecule has 1 aliphatic rings. The van der Waals surface area contributed by atoms with Crippen molar-refractivity contribution in [2.45, 2.75) is 19.4 Å². The highest BCUT2D eigenvalue weighted by Crippen LogP contribution is 2.24. The summed E-state index contributed by atoms with van der Waals surface area (Å²) in [6, 6.07) is 14.6. The SMILES string of the molecule is NC(=O)C1CCN(C(=O)c2ccccc2OCc2ccc(Cl)cc2)CC1. The van der Waals surface area contributed by atoms with Crippen molar-refractivity contribution in [3.63, 3.8) is 0 Å². The molecule has 0 bridgehead atoms. The molecule has 26 heavy (non-hydrogen) atoms. The van der Waals surface area contributed by atoms with Crippen LogP contribution in [0.15, 0.2) is 48.5 Å². The average Bonchev–Trinajstić information content (AvgIpc) is 2.67. The Bertz CT molecular complexity index is 784. The molecule has 5 nitrogen and oxygen atoms in total. The first-order valence-electron chi connectivity index (χ1n) is 8.59. The van der Waals surface area contributed by atoms with Gasteiger partial charge in [0, 0.05) is 24.0 Å². The van der Waals surface area contributed by atoms with E-state index < -0.39 is 0 Å².